The van der Waals surface area contributed by atoms with Crippen molar-refractivity contribution in [3.05, 3.63) is 94.2 Å². The van der Waals surface area contributed by atoms with E-state index >= 15 is 0 Å². The number of amides is 2. The van der Waals surface area contributed by atoms with Gasteiger partial charge in [0.1, 0.15) is 0 Å². The first-order valence-corrected chi connectivity index (χ1v) is 11.0. The van der Waals surface area contributed by atoms with E-state index in [1.54, 1.807) is 37.6 Å². The van der Waals surface area contributed by atoms with Crippen LogP contribution in [0.2, 0.25) is 10.0 Å². The Labute approximate surface area is 202 Å². The summed E-state index contributed by atoms with van der Waals surface area (Å²) in [6, 6.07) is 15.9. The number of urea groups is 1. The molecular formula is C25H23Cl2N3O3. The fourth-order valence-electron chi connectivity index (χ4n) is 3.20. The molecule has 170 valence electrons. The van der Waals surface area contributed by atoms with Crippen LogP contribution in [0, 0.1) is 0 Å². The number of aromatic nitrogens is 1. The second-order valence-corrected chi connectivity index (χ2v) is 8.15. The summed E-state index contributed by atoms with van der Waals surface area (Å²) in [6.07, 6.45) is 6.79. The number of benzene rings is 2. The highest BCUT2D eigenvalue weighted by atomic mass is 35.5. The normalized spacial score (nSPS) is 11.2. The predicted molar refractivity (Wildman–Crippen MR) is 133 cm³/mol. The lowest BCUT2D eigenvalue weighted by Gasteiger charge is -2.19. The standard InChI is InChI=1S/C25H23Cl2N3O3/c1-30(25(33)29-23-13-10-19(26)15-22(23)27)20-11-8-17(9-12-20)21(6-2-3-7-24(31)32)18-5-4-14-28-16-18/h4-6,8-16H,2-3,7H2,1H3,(H,29,33)(H,31,32)/b21-6-. The zero-order valence-electron chi connectivity index (χ0n) is 18.0. The molecule has 1 aromatic heterocycles. The molecule has 0 aliphatic carbocycles. The average Bonchev–Trinajstić information content (AvgIpc) is 2.81. The molecule has 2 amide bonds. The molecule has 0 radical (unpaired) electrons. The number of halogens is 2. The van der Waals surface area contributed by atoms with Gasteiger partial charge in [-0.05, 0) is 60.4 Å². The quantitative estimate of drug-likeness (QED) is 0.347. The number of anilines is 2. The molecule has 0 bridgehead atoms. The Hall–Kier alpha value is -3.35. The molecule has 1 heterocycles. The number of carbonyl (C=O) groups excluding carboxylic acids is 1. The third-order valence-corrected chi connectivity index (χ3v) is 5.51. The van der Waals surface area contributed by atoms with E-state index in [0.29, 0.717) is 34.3 Å². The summed E-state index contributed by atoms with van der Waals surface area (Å²) >= 11 is 12.1. The maximum atomic E-state index is 12.7. The van der Waals surface area contributed by atoms with Gasteiger partial charge < -0.3 is 10.4 Å². The average molecular weight is 484 g/mol. The summed E-state index contributed by atoms with van der Waals surface area (Å²) < 4.78 is 0. The second-order valence-electron chi connectivity index (χ2n) is 7.31. The maximum Gasteiger partial charge on any atom is 0.326 e. The van der Waals surface area contributed by atoms with Gasteiger partial charge in [-0.1, -0.05) is 47.5 Å². The van der Waals surface area contributed by atoms with Crippen LogP contribution in [0.5, 0.6) is 0 Å². The molecule has 0 saturated heterocycles. The minimum atomic E-state index is -0.808. The minimum absolute atomic E-state index is 0.118. The number of rotatable bonds is 8. The van der Waals surface area contributed by atoms with Crippen molar-refractivity contribution in [3.8, 4) is 0 Å². The van der Waals surface area contributed by atoms with E-state index in [9.17, 15) is 9.59 Å². The molecule has 0 aliphatic rings. The summed E-state index contributed by atoms with van der Waals surface area (Å²) in [5.41, 5.74) is 4.00. The van der Waals surface area contributed by atoms with Gasteiger partial charge in [0, 0.05) is 42.1 Å². The van der Waals surface area contributed by atoms with E-state index in [4.69, 9.17) is 28.3 Å². The Kier molecular flexibility index (Phi) is 8.46. The van der Waals surface area contributed by atoms with Crippen LogP contribution in [0.4, 0.5) is 16.2 Å². The van der Waals surface area contributed by atoms with Crippen molar-refractivity contribution in [2.45, 2.75) is 19.3 Å². The Bertz CT molecular complexity index is 1150. The Balaban J connectivity index is 1.77. The van der Waals surface area contributed by atoms with Gasteiger partial charge in [0.2, 0.25) is 0 Å². The molecule has 0 fully saturated rings. The number of hydrogen-bond acceptors (Lipinski definition) is 3. The van der Waals surface area contributed by atoms with Crippen LogP contribution in [-0.4, -0.2) is 29.1 Å². The van der Waals surface area contributed by atoms with Gasteiger partial charge in [-0.15, -0.1) is 0 Å². The first kappa shape index (κ1) is 24.3. The number of nitrogens with one attached hydrogen (secondary N) is 1. The lowest BCUT2D eigenvalue weighted by molar-refractivity contribution is -0.137. The van der Waals surface area contributed by atoms with Crippen LogP contribution < -0.4 is 10.2 Å². The number of carboxylic acid groups (broad SMARTS) is 1. The lowest BCUT2D eigenvalue weighted by Crippen LogP contribution is -2.31. The largest absolute Gasteiger partial charge is 0.481 e. The van der Waals surface area contributed by atoms with Gasteiger partial charge in [0.15, 0.2) is 0 Å². The van der Waals surface area contributed by atoms with E-state index in [0.717, 1.165) is 16.7 Å². The van der Waals surface area contributed by atoms with E-state index in [1.165, 1.54) is 4.90 Å². The number of carbonyl (C=O) groups is 2. The van der Waals surface area contributed by atoms with Crippen molar-refractivity contribution in [1.29, 1.82) is 0 Å². The zero-order valence-corrected chi connectivity index (χ0v) is 19.5. The van der Waals surface area contributed by atoms with Crippen LogP contribution >= 0.6 is 23.2 Å². The minimum Gasteiger partial charge on any atom is -0.481 e. The molecule has 3 rings (SSSR count). The Morgan fingerprint density at radius 3 is 2.48 bits per heavy atom. The smallest absolute Gasteiger partial charge is 0.326 e. The van der Waals surface area contributed by atoms with Gasteiger partial charge in [-0.3, -0.25) is 14.7 Å². The highest BCUT2D eigenvalue weighted by Crippen LogP contribution is 2.28. The predicted octanol–water partition coefficient (Wildman–Crippen LogP) is 6.74. The highest BCUT2D eigenvalue weighted by molar-refractivity contribution is 6.36. The molecule has 0 aliphatic heterocycles. The SMILES string of the molecule is CN(C(=O)Nc1ccc(Cl)cc1Cl)c1ccc(/C(=C/CCCC(=O)O)c2cccnc2)cc1. The molecule has 8 heteroatoms. The monoisotopic (exact) mass is 483 g/mol. The van der Waals surface area contributed by atoms with Gasteiger partial charge in [-0.25, -0.2) is 4.79 Å². The van der Waals surface area contributed by atoms with Gasteiger partial charge in [0.05, 0.1) is 10.7 Å². The van der Waals surface area contributed by atoms with Gasteiger partial charge >= 0.3 is 12.0 Å². The lowest BCUT2D eigenvalue weighted by atomic mass is 9.97. The summed E-state index contributed by atoms with van der Waals surface area (Å²) in [6.45, 7) is 0. The van der Waals surface area contributed by atoms with Crippen molar-refractivity contribution < 1.29 is 14.7 Å². The summed E-state index contributed by atoms with van der Waals surface area (Å²) in [7, 11) is 1.66. The van der Waals surface area contributed by atoms with Crippen molar-refractivity contribution in [2.75, 3.05) is 17.3 Å². The van der Waals surface area contributed by atoms with E-state index in [2.05, 4.69) is 10.3 Å². The number of allylic oxidation sites excluding steroid dienone is 1. The van der Waals surface area contributed by atoms with Crippen LogP contribution in [-0.2, 0) is 4.79 Å². The van der Waals surface area contributed by atoms with Crippen molar-refractivity contribution >= 4 is 52.2 Å². The number of aliphatic carboxylic acids is 1. The maximum absolute atomic E-state index is 12.7. The second kappa shape index (κ2) is 11.5. The number of unbranched alkanes of at least 4 members (excludes halogenated alkanes) is 1. The van der Waals surface area contributed by atoms with Gasteiger partial charge in [-0.2, -0.15) is 0 Å². The van der Waals surface area contributed by atoms with E-state index < -0.39 is 5.97 Å². The first-order valence-electron chi connectivity index (χ1n) is 10.3. The van der Waals surface area contributed by atoms with Crippen molar-refractivity contribution in [3.63, 3.8) is 0 Å². The van der Waals surface area contributed by atoms with E-state index in [-0.39, 0.29) is 12.5 Å². The summed E-state index contributed by atoms with van der Waals surface area (Å²) in [5, 5.41) is 12.5. The number of pyridine rings is 1. The number of carboxylic acids is 1. The topological polar surface area (TPSA) is 82.5 Å². The first-order chi connectivity index (χ1) is 15.8. The molecule has 0 unspecified atom stereocenters. The molecule has 0 atom stereocenters. The molecule has 0 saturated carbocycles. The molecule has 33 heavy (non-hydrogen) atoms. The summed E-state index contributed by atoms with van der Waals surface area (Å²) in [4.78, 5) is 29.2. The number of nitrogens with zero attached hydrogens (tertiary/aromatic N) is 2. The zero-order chi connectivity index (χ0) is 23.8. The van der Waals surface area contributed by atoms with Crippen LogP contribution in [0.3, 0.4) is 0 Å². The van der Waals surface area contributed by atoms with Crippen LogP contribution in [0.25, 0.3) is 5.57 Å². The van der Waals surface area contributed by atoms with Crippen LogP contribution in [0.15, 0.2) is 73.1 Å². The molecule has 0 spiro atoms. The summed E-state index contributed by atoms with van der Waals surface area (Å²) in [5.74, 6) is -0.808. The highest BCUT2D eigenvalue weighted by Gasteiger charge is 2.14. The van der Waals surface area contributed by atoms with E-state index in [1.807, 2.05) is 42.5 Å². The molecule has 6 nitrogen and oxygen atoms in total. The molecule has 3 aromatic rings. The third-order valence-electron chi connectivity index (χ3n) is 4.96. The Morgan fingerprint density at radius 1 is 1.09 bits per heavy atom. The molecule has 2 N–H and O–H groups in total. The fourth-order valence-corrected chi connectivity index (χ4v) is 3.65. The third kappa shape index (κ3) is 6.81. The molecule has 2 aromatic carbocycles. The van der Waals surface area contributed by atoms with Gasteiger partial charge in [0.25, 0.3) is 0 Å². The Morgan fingerprint density at radius 2 is 1.85 bits per heavy atom. The van der Waals surface area contributed by atoms with Crippen molar-refractivity contribution in [2.24, 2.45) is 0 Å². The van der Waals surface area contributed by atoms with Crippen LogP contribution in [0.1, 0.15) is 30.4 Å². The molecular weight excluding hydrogens is 461 g/mol. The number of hydrogen-bond donors (Lipinski definition) is 2. The fraction of sp³-hybridized carbons (Fsp3) is 0.160. The van der Waals surface area contributed by atoms with Crippen molar-refractivity contribution in [1.82, 2.24) is 4.98 Å².